The summed E-state index contributed by atoms with van der Waals surface area (Å²) in [5.41, 5.74) is 0. The lowest BCUT2D eigenvalue weighted by Crippen LogP contribution is -2.30. The SMILES string of the molecule is CC/C=C\C/C=C\C/C=C\C/C=C\C/C=C\C/C=C\CCCOCC(COC(=O)CCCCCCC/C=C\CCCCCC)OC(=O)CCCCCCC. The Morgan fingerprint density at radius 1 is 0.426 bits per heavy atom. The number of hydrogen-bond acceptors (Lipinski definition) is 5. The molecular weight excluding hydrogens is 669 g/mol. The quantitative estimate of drug-likeness (QED) is 0.0356. The van der Waals surface area contributed by atoms with Crippen LogP contribution < -0.4 is 0 Å². The highest BCUT2D eigenvalue weighted by Crippen LogP contribution is 2.11. The molecule has 0 amide bonds. The average molecular weight is 751 g/mol. The molecule has 5 nitrogen and oxygen atoms in total. The van der Waals surface area contributed by atoms with Gasteiger partial charge in [0.25, 0.3) is 0 Å². The number of hydrogen-bond donors (Lipinski definition) is 0. The highest BCUT2D eigenvalue weighted by atomic mass is 16.6. The molecule has 0 aromatic rings. The van der Waals surface area contributed by atoms with Crippen LogP contribution in [0.5, 0.6) is 0 Å². The van der Waals surface area contributed by atoms with Crippen molar-refractivity contribution >= 4 is 11.9 Å². The molecule has 0 rings (SSSR count). The van der Waals surface area contributed by atoms with E-state index in [2.05, 4.69) is 106 Å². The van der Waals surface area contributed by atoms with E-state index >= 15 is 0 Å². The van der Waals surface area contributed by atoms with Crippen molar-refractivity contribution in [2.45, 2.75) is 194 Å². The number of allylic oxidation sites excluding steroid dienone is 14. The van der Waals surface area contributed by atoms with E-state index in [9.17, 15) is 9.59 Å². The van der Waals surface area contributed by atoms with Crippen LogP contribution in [-0.2, 0) is 23.8 Å². The van der Waals surface area contributed by atoms with Crippen LogP contribution in [0, 0.1) is 0 Å². The predicted octanol–water partition coefficient (Wildman–Crippen LogP) is 14.6. The van der Waals surface area contributed by atoms with Gasteiger partial charge in [-0.25, -0.2) is 0 Å². The van der Waals surface area contributed by atoms with Gasteiger partial charge in [0.1, 0.15) is 6.61 Å². The van der Waals surface area contributed by atoms with E-state index in [-0.39, 0.29) is 25.2 Å². The minimum atomic E-state index is -0.567. The summed E-state index contributed by atoms with van der Waals surface area (Å²) in [6.07, 6.45) is 57.6. The van der Waals surface area contributed by atoms with Crippen LogP contribution in [0.2, 0.25) is 0 Å². The van der Waals surface area contributed by atoms with Crippen molar-refractivity contribution in [3.8, 4) is 0 Å². The lowest BCUT2D eigenvalue weighted by atomic mass is 10.1. The minimum Gasteiger partial charge on any atom is -0.462 e. The maximum absolute atomic E-state index is 12.5. The second-order valence-electron chi connectivity index (χ2n) is 14.2. The van der Waals surface area contributed by atoms with Gasteiger partial charge in [0.05, 0.1) is 6.61 Å². The number of rotatable bonds is 39. The van der Waals surface area contributed by atoms with E-state index in [1.165, 1.54) is 57.8 Å². The third kappa shape index (κ3) is 41.8. The Bertz CT molecular complexity index is 1030. The van der Waals surface area contributed by atoms with Crippen molar-refractivity contribution in [2.24, 2.45) is 0 Å². The Labute approximate surface area is 333 Å². The monoisotopic (exact) mass is 751 g/mol. The summed E-state index contributed by atoms with van der Waals surface area (Å²) in [6, 6.07) is 0. The fraction of sp³-hybridized carbons (Fsp3) is 0.673. The lowest BCUT2D eigenvalue weighted by Gasteiger charge is -2.18. The van der Waals surface area contributed by atoms with Crippen LogP contribution in [0.4, 0.5) is 0 Å². The predicted molar refractivity (Wildman–Crippen MR) is 233 cm³/mol. The largest absolute Gasteiger partial charge is 0.462 e. The topological polar surface area (TPSA) is 61.8 Å². The highest BCUT2D eigenvalue weighted by molar-refractivity contribution is 5.70. The highest BCUT2D eigenvalue weighted by Gasteiger charge is 2.17. The molecule has 0 aliphatic carbocycles. The van der Waals surface area contributed by atoms with Crippen molar-refractivity contribution in [2.75, 3.05) is 19.8 Å². The first kappa shape index (κ1) is 51.1. The molecule has 308 valence electrons. The van der Waals surface area contributed by atoms with Gasteiger partial charge in [-0.05, 0) is 89.9 Å². The number of ether oxygens (including phenoxy) is 3. The van der Waals surface area contributed by atoms with Crippen LogP contribution in [0.1, 0.15) is 188 Å². The van der Waals surface area contributed by atoms with Crippen LogP contribution in [0.3, 0.4) is 0 Å². The zero-order valence-electron chi connectivity index (χ0n) is 35.2. The Morgan fingerprint density at radius 3 is 1.37 bits per heavy atom. The molecule has 0 radical (unpaired) electrons. The maximum atomic E-state index is 12.5. The molecule has 5 heteroatoms. The summed E-state index contributed by atoms with van der Waals surface area (Å²) in [5, 5.41) is 0. The molecule has 0 bridgehead atoms. The standard InChI is InChI=1S/C49H82O5/c1-4-7-10-13-15-17-19-21-22-23-24-25-26-27-29-31-33-35-38-41-44-52-45-47(54-49(51)43-40-36-12-9-6-3)46-53-48(50)42-39-37-34-32-30-28-20-18-16-14-11-8-5-2/h7,10,15,17-18,20-22,24-25,27,29,33,35,47H,4-6,8-9,11-14,16,19,23,26,28,30-32,34,36-46H2,1-3H3/b10-7-,17-15-,20-18-,22-21-,25-24-,29-27-,35-33-. The first-order chi connectivity index (χ1) is 26.6. The van der Waals surface area contributed by atoms with Gasteiger partial charge in [0.15, 0.2) is 6.10 Å². The van der Waals surface area contributed by atoms with Gasteiger partial charge in [-0.1, -0.05) is 170 Å². The van der Waals surface area contributed by atoms with Crippen molar-refractivity contribution in [1.29, 1.82) is 0 Å². The van der Waals surface area contributed by atoms with E-state index in [4.69, 9.17) is 14.2 Å². The number of carbonyl (C=O) groups is 2. The van der Waals surface area contributed by atoms with Gasteiger partial charge in [0.2, 0.25) is 0 Å². The lowest BCUT2D eigenvalue weighted by molar-refractivity contribution is -0.163. The van der Waals surface area contributed by atoms with Crippen molar-refractivity contribution in [3.05, 3.63) is 85.1 Å². The average Bonchev–Trinajstić information content (AvgIpc) is 3.17. The summed E-state index contributed by atoms with van der Waals surface area (Å²) in [6.45, 7) is 7.45. The van der Waals surface area contributed by atoms with Gasteiger partial charge in [-0.15, -0.1) is 0 Å². The summed E-state index contributed by atoms with van der Waals surface area (Å²) in [5.74, 6) is -0.459. The number of unbranched alkanes of at least 4 members (excludes halogenated alkanes) is 14. The molecule has 0 aliphatic heterocycles. The Kier molecular flexibility index (Phi) is 42.1. The second-order valence-corrected chi connectivity index (χ2v) is 14.2. The fourth-order valence-corrected chi connectivity index (χ4v) is 5.64. The molecule has 0 spiro atoms. The van der Waals surface area contributed by atoms with Gasteiger partial charge in [-0.3, -0.25) is 9.59 Å². The summed E-state index contributed by atoms with van der Waals surface area (Å²) < 4.78 is 17.1. The Morgan fingerprint density at radius 2 is 0.833 bits per heavy atom. The van der Waals surface area contributed by atoms with E-state index in [1.807, 2.05) is 0 Å². The molecule has 0 aromatic carbocycles. The Hall–Kier alpha value is -2.92. The van der Waals surface area contributed by atoms with Gasteiger partial charge < -0.3 is 14.2 Å². The fourth-order valence-electron chi connectivity index (χ4n) is 5.64. The van der Waals surface area contributed by atoms with E-state index in [0.717, 1.165) is 96.3 Å². The third-order valence-corrected chi connectivity index (χ3v) is 8.92. The van der Waals surface area contributed by atoms with Gasteiger partial charge >= 0.3 is 11.9 Å². The molecule has 0 aromatic heterocycles. The summed E-state index contributed by atoms with van der Waals surface area (Å²) in [7, 11) is 0. The molecule has 0 saturated heterocycles. The van der Waals surface area contributed by atoms with Crippen LogP contribution >= 0.6 is 0 Å². The molecule has 0 saturated carbocycles. The zero-order chi connectivity index (χ0) is 39.3. The van der Waals surface area contributed by atoms with Crippen LogP contribution in [0.25, 0.3) is 0 Å². The van der Waals surface area contributed by atoms with Gasteiger partial charge in [-0.2, -0.15) is 0 Å². The summed E-state index contributed by atoms with van der Waals surface area (Å²) >= 11 is 0. The van der Waals surface area contributed by atoms with Crippen molar-refractivity contribution in [3.63, 3.8) is 0 Å². The number of carbonyl (C=O) groups excluding carboxylic acids is 2. The molecule has 54 heavy (non-hydrogen) atoms. The maximum Gasteiger partial charge on any atom is 0.306 e. The molecule has 0 aliphatic rings. The van der Waals surface area contributed by atoms with Crippen molar-refractivity contribution in [1.82, 2.24) is 0 Å². The number of esters is 2. The zero-order valence-corrected chi connectivity index (χ0v) is 35.2. The first-order valence-corrected chi connectivity index (χ1v) is 22.1. The third-order valence-electron chi connectivity index (χ3n) is 8.92. The normalized spacial score (nSPS) is 13.0. The molecule has 0 fully saturated rings. The van der Waals surface area contributed by atoms with Crippen molar-refractivity contribution < 1.29 is 23.8 Å². The van der Waals surface area contributed by atoms with Crippen LogP contribution in [0.15, 0.2) is 85.1 Å². The Balaban J connectivity index is 4.21. The van der Waals surface area contributed by atoms with E-state index < -0.39 is 6.10 Å². The molecule has 1 unspecified atom stereocenters. The minimum absolute atomic E-state index is 0.0539. The van der Waals surface area contributed by atoms with E-state index in [1.54, 1.807) is 0 Å². The molecular formula is C49H82O5. The van der Waals surface area contributed by atoms with Gasteiger partial charge in [0, 0.05) is 19.4 Å². The first-order valence-electron chi connectivity index (χ1n) is 22.1. The second kappa shape index (κ2) is 44.5. The molecule has 0 heterocycles. The van der Waals surface area contributed by atoms with Crippen LogP contribution in [-0.4, -0.2) is 37.9 Å². The molecule has 1 atom stereocenters. The van der Waals surface area contributed by atoms with E-state index in [0.29, 0.717) is 19.4 Å². The summed E-state index contributed by atoms with van der Waals surface area (Å²) in [4.78, 5) is 25.0. The smallest absolute Gasteiger partial charge is 0.306 e. The molecule has 0 N–H and O–H groups in total.